The molecule has 0 saturated carbocycles. The molecular weight excluding hydrogens is 230 g/mol. The van der Waals surface area contributed by atoms with E-state index in [9.17, 15) is 4.21 Å². The summed E-state index contributed by atoms with van der Waals surface area (Å²) < 4.78 is 11.9. The average molecular weight is 249 g/mol. The second-order valence-corrected chi connectivity index (χ2v) is 6.54. The molecule has 0 spiro atoms. The van der Waals surface area contributed by atoms with Crippen LogP contribution in [0.2, 0.25) is 0 Å². The molecule has 0 saturated heterocycles. The van der Waals surface area contributed by atoms with E-state index in [1.54, 1.807) is 0 Å². The van der Waals surface area contributed by atoms with E-state index in [0.29, 0.717) is 17.9 Å². The molecule has 0 aromatic heterocycles. The Kier molecular flexibility index (Phi) is 4.89. The van der Waals surface area contributed by atoms with Crippen molar-refractivity contribution in [2.45, 2.75) is 32.9 Å². The molecule has 92 valence electrons. The molecule has 0 aliphatic carbocycles. The monoisotopic (exact) mass is 249 g/mol. The van der Waals surface area contributed by atoms with Gasteiger partial charge in [-0.1, -0.05) is 24.3 Å². The van der Waals surface area contributed by atoms with Gasteiger partial charge in [-0.3, -0.25) is 4.21 Å². The SMILES string of the molecule is Cc1ccccc1CS(=O)CCC(C)(C)C#N. The summed E-state index contributed by atoms with van der Waals surface area (Å²) in [6.07, 6.45) is 0.683. The van der Waals surface area contributed by atoms with Crippen LogP contribution in [0, 0.1) is 23.7 Å². The van der Waals surface area contributed by atoms with E-state index >= 15 is 0 Å². The van der Waals surface area contributed by atoms with Crippen LogP contribution in [0.3, 0.4) is 0 Å². The van der Waals surface area contributed by atoms with Gasteiger partial charge in [-0.25, -0.2) is 0 Å². The number of rotatable bonds is 5. The van der Waals surface area contributed by atoms with E-state index in [4.69, 9.17) is 5.26 Å². The van der Waals surface area contributed by atoms with Gasteiger partial charge in [0.2, 0.25) is 0 Å². The summed E-state index contributed by atoms with van der Waals surface area (Å²) in [6, 6.07) is 10.2. The molecule has 0 bridgehead atoms. The van der Waals surface area contributed by atoms with Gasteiger partial charge >= 0.3 is 0 Å². The third-order valence-electron chi connectivity index (χ3n) is 2.84. The van der Waals surface area contributed by atoms with Crippen molar-refractivity contribution >= 4 is 10.8 Å². The maximum Gasteiger partial charge on any atom is 0.0684 e. The van der Waals surface area contributed by atoms with Crippen molar-refractivity contribution < 1.29 is 4.21 Å². The van der Waals surface area contributed by atoms with Crippen LogP contribution in [0.4, 0.5) is 0 Å². The predicted octanol–water partition coefficient (Wildman–Crippen LogP) is 3.18. The van der Waals surface area contributed by atoms with Gasteiger partial charge in [0.15, 0.2) is 0 Å². The van der Waals surface area contributed by atoms with Crippen LogP contribution >= 0.6 is 0 Å². The first-order valence-electron chi connectivity index (χ1n) is 5.75. The first kappa shape index (κ1) is 13.9. The van der Waals surface area contributed by atoms with E-state index in [-0.39, 0.29) is 5.41 Å². The normalized spacial score (nSPS) is 13.1. The minimum Gasteiger partial charge on any atom is -0.259 e. The van der Waals surface area contributed by atoms with Gasteiger partial charge in [-0.05, 0) is 38.3 Å². The van der Waals surface area contributed by atoms with Crippen LogP contribution < -0.4 is 0 Å². The van der Waals surface area contributed by atoms with Crippen molar-refractivity contribution in [3.8, 4) is 6.07 Å². The van der Waals surface area contributed by atoms with E-state index in [0.717, 1.165) is 5.56 Å². The Hall–Kier alpha value is -1.14. The highest BCUT2D eigenvalue weighted by Crippen LogP contribution is 2.20. The molecule has 0 amide bonds. The van der Waals surface area contributed by atoms with Crippen molar-refractivity contribution in [3.63, 3.8) is 0 Å². The third kappa shape index (κ3) is 4.70. The maximum atomic E-state index is 11.9. The topological polar surface area (TPSA) is 40.9 Å². The summed E-state index contributed by atoms with van der Waals surface area (Å²) in [5.41, 5.74) is 1.95. The molecule has 1 rings (SSSR count). The second kappa shape index (κ2) is 5.97. The minimum absolute atomic E-state index is 0.374. The van der Waals surface area contributed by atoms with E-state index in [1.807, 2.05) is 45.0 Å². The van der Waals surface area contributed by atoms with Gasteiger partial charge in [0, 0.05) is 22.3 Å². The van der Waals surface area contributed by atoms with Crippen molar-refractivity contribution in [2.75, 3.05) is 5.75 Å². The number of aryl methyl sites for hydroxylation is 1. The molecule has 1 atom stereocenters. The highest BCUT2D eigenvalue weighted by Gasteiger charge is 2.17. The lowest BCUT2D eigenvalue weighted by atomic mass is 9.93. The van der Waals surface area contributed by atoms with E-state index < -0.39 is 10.8 Å². The Balaban J connectivity index is 2.52. The van der Waals surface area contributed by atoms with Crippen LogP contribution in [0.1, 0.15) is 31.4 Å². The van der Waals surface area contributed by atoms with Crippen LogP contribution in [0.25, 0.3) is 0 Å². The quantitative estimate of drug-likeness (QED) is 0.804. The fourth-order valence-corrected chi connectivity index (χ4v) is 3.00. The van der Waals surface area contributed by atoms with Crippen LogP contribution in [-0.4, -0.2) is 9.96 Å². The number of benzene rings is 1. The molecule has 0 aliphatic heterocycles. The van der Waals surface area contributed by atoms with Gasteiger partial charge in [-0.15, -0.1) is 0 Å². The lowest BCUT2D eigenvalue weighted by Gasteiger charge is -2.14. The molecule has 0 radical (unpaired) electrons. The van der Waals surface area contributed by atoms with Crippen LogP contribution in [-0.2, 0) is 16.6 Å². The van der Waals surface area contributed by atoms with Gasteiger partial charge < -0.3 is 0 Å². The highest BCUT2D eigenvalue weighted by atomic mass is 32.2. The first-order valence-corrected chi connectivity index (χ1v) is 7.24. The van der Waals surface area contributed by atoms with Crippen molar-refractivity contribution in [3.05, 3.63) is 35.4 Å². The molecule has 17 heavy (non-hydrogen) atoms. The Labute approximate surface area is 106 Å². The molecule has 3 heteroatoms. The van der Waals surface area contributed by atoms with E-state index in [1.165, 1.54) is 5.56 Å². The zero-order chi connectivity index (χ0) is 12.9. The van der Waals surface area contributed by atoms with Crippen molar-refractivity contribution in [1.82, 2.24) is 0 Å². The molecule has 1 aromatic rings. The Morgan fingerprint density at radius 3 is 2.59 bits per heavy atom. The zero-order valence-electron chi connectivity index (χ0n) is 10.7. The molecule has 0 aliphatic rings. The number of hydrogen-bond acceptors (Lipinski definition) is 2. The summed E-state index contributed by atoms with van der Waals surface area (Å²) in [6.45, 7) is 5.81. The molecule has 2 nitrogen and oxygen atoms in total. The molecule has 0 N–H and O–H groups in total. The highest BCUT2D eigenvalue weighted by molar-refractivity contribution is 7.84. The molecule has 0 heterocycles. The summed E-state index contributed by atoms with van der Waals surface area (Å²) in [4.78, 5) is 0. The number of hydrogen-bond donors (Lipinski definition) is 0. The summed E-state index contributed by atoms with van der Waals surface area (Å²) in [5, 5.41) is 8.89. The van der Waals surface area contributed by atoms with E-state index in [2.05, 4.69) is 6.07 Å². The first-order chi connectivity index (χ1) is 7.94. The largest absolute Gasteiger partial charge is 0.259 e. The zero-order valence-corrected chi connectivity index (χ0v) is 11.5. The molecule has 1 aromatic carbocycles. The van der Waals surface area contributed by atoms with Gasteiger partial charge in [0.25, 0.3) is 0 Å². The standard InChI is InChI=1S/C14H19NOS/c1-12-6-4-5-7-13(12)10-17(16)9-8-14(2,3)11-15/h4-7H,8-10H2,1-3H3. The maximum absolute atomic E-state index is 11.9. The fraction of sp³-hybridized carbons (Fsp3) is 0.500. The predicted molar refractivity (Wildman–Crippen MR) is 71.9 cm³/mol. The van der Waals surface area contributed by atoms with Gasteiger partial charge in [0.1, 0.15) is 0 Å². The Morgan fingerprint density at radius 2 is 2.00 bits per heavy atom. The van der Waals surface area contributed by atoms with Crippen LogP contribution in [0.15, 0.2) is 24.3 Å². The molecule has 0 fully saturated rings. The number of nitrogens with zero attached hydrogens (tertiary/aromatic N) is 1. The average Bonchev–Trinajstić information content (AvgIpc) is 2.30. The van der Waals surface area contributed by atoms with Crippen molar-refractivity contribution in [2.24, 2.45) is 5.41 Å². The number of nitriles is 1. The second-order valence-electron chi connectivity index (χ2n) is 4.96. The van der Waals surface area contributed by atoms with Crippen molar-refractivity contribution in [1.29, 1.82) is 5.26 Å². The Morgan fingerprint density at radius 1 is 1.35 bits per heavy atom. The summed E-state index contributed by atoms with van der Waals surface area (Å²) >= 11 is 0. The lowest BCUT2D eigenvalue weighted by molar-refractivity contribution is 0.479. The van der Waals surface area contributed by atoms with Crippen LogP contribution in [0.5, 0.6) is 0 Å². The third-order valence-corrected chi connectivity index (χ3v) is 4.13. The molecular formula is C14H19NOS. The lowest BCUT2D eigenvalue weighted by Crippen LogP contribution is -2.13. The smallest absolute Gasteiger partial charge is 0.0684 e. The fourth-order valence-electron chi connectivity index (χ4n) is 1.44. The van der Waals surface area contributed by atoms with Gasteiger partial charge in [0.05, 0.1) is 11.5 Å². The molecule has 1 unspecified atom stereocenters. The van der Waals surface area contributed by atoms with Gasteiger partial charge in [-0.2, -0.15) is 5.26 Å². The Bertz CT molecular complexity index is 446. The summed E-state index contributed by atoms with van der Waals surface area (Å²) in [5.74, 6) is 1.18. The minimum atomic E-state index is -0.880. The summed E-state index contributed by atoms with van der Waals surface area (Å²) in [7, 11) is -0.880.